The lowest BCUT2D eigenvalue weighted by Crippen LogP contribution is -2.28. The van der Waals surface area contributed by atoms with Gasteiger partial charge < -0.3 is 9.80 Å². The van der Waals surface area contributed by atoms with Crippen LogP contribution >= 0.6 is 22.7 Å². The van der Waals surface area contributed by atoms with Crippen LogP contribution in [-0.2, 0) is 0 Å². The highest BCUT2D eigenvalue weighted by atomic mass is 32.1. The van der Waals surface area contributed by atoms with Crippen LogP contribution < -0.4 is 9.80 Å². The Morgan fingerprint density at radius 3 is 1.42 bits per heavy atom. The third kappa shape index (κ3) is 3.86. The van der Waals surface area contributed by atoms with Crippen LogP contribution in [0.5, 0.6) is 0 Å². The molecule has 2 aromatic heterocycles. The highest BCUT2D eigenvalue weighted by Gasteiger charge is 2.13. The summed E-state index contributed by atoms with van der Waals surface area (Å²) in [5.41, 5.74) is 0. The van der Waals surface area contributed by atoms with Crippen molar-refractivity contribution >= 4 is 44.8 Å². The largest absolute Gasteiger partial charge is 0.363 e. The minimum Gasteiger partial charge on any atom is -0.363 e. The molecule has 0 amide bonds. The van der Waals surface area contributed by atoms with E-state index < -0.39 is 0 Å². The van der Waals surface area contributed by atoms with E-state index in [0.717, 1.165) is 0 Å². The molecule has 128 valence electrons. The summed E-state index contributed by atoms with van der Waals surface area (Å²) in [6, 6.07) is 9.13. The number of thiophene rings is 2. The van der Waals surface area contributed by atoms with Crippen molar-refractivity contribution in [3.05, 3.63) is 34.0 Å². The number of hydrogen-bond donors (Lipinski definition) is 0. The predicted octanol–water partition coefficient (Wildman–Crippen LogP) is 5.96. The number of piperidine rings is 2. The first-order valence-electron chi connectivity index (χ1n) is 9.26. The van der Waals surface area contributed by atoms with E-state index >= 15 is 0 Å². The van der Waals surface area contributed by atoms with Crippen molar-refractivity contribution < 1.29 is 0 Å². The maximum atomic E-state index is 2.55. The maximum Gasteiger partial charge on any atom is 0.0914 e. The van der Waals surface area contributed by atoms with Crippen LogP contribution in [0.25, 0.3) is 12.2 Å². The molecule has 2 aliphatic heterocycles. The van der Waals surface area contributed by atoms with Crippen molar-refractivity contribution in [2.45, 2.75) is 38.5 Å². The Morgan fingerprint density at radius 1 is 0.583 bits per heavy atom. The lowest BCUT2D eigenvalue weighted by Gasteiger charge is -2.27. The summed E-state index contributed by atoms with van der Waals surface area (Å²) < 4.78 is 0. The van der Waals surface area contributed by atoms with Crippen molar-refractivity contribution in [3.63, 3.8) is 0 Å². The van der Waals surface area contributed by atoms with Gasteiger partial charge in [0.15, 0.2) is 0 Å². The van der Waals surface area contributed by atoms with E-state index in [1.165, 1.54) is 84.5 Å². The van der Waals surface area contributed by atoms with Crippen molar-refractivity contribution in [1.82, 2.24) is 0 Å². The van der Waals surface area contributed by atoms with Crippen LogP contribution in [0.4, 0.5) is 10.0 Å². The van der Waals surface area contributed by atoms with Gasteiger partial charge in [0, 0.05) is 35.9 Å². The Labute approximate surface area is 153 Å². The summed E-state index contributed by atoms with van der Waals surface area (Å²) in [6.45, 7) is 4.92. The molecule has 0 saturated carbocycles. The number of nitrogens with zero attached hydrogens (tertiary/aromatic N) is 2. The minimum absolute atomic E-state index is 1.23. The fraction of sp³-hybridized carbons (Fsp3) is 0.500. The Kier molecular flexibility index (Phi) is 5.24. The van der Waals surface area contributed by atoms with E-state index in [2.05, 4.69) is 46.2 Å². The van der Waals surface area contributed by atoms with Gasteiger partial charge in [0.1, 0.15) is 0 Å². The summed E-state index contributed by atoms with van der Waals surface area (Å²) >= 11 is 3.85. The van der Waals surface area contributed by atoms with Gasteiger partial charge in [0.2, 0.25) is 0 Å². The van der Waals surface area contributed by atoms with E-state index in [1.807, 2.05) is 22.7 Å². The summed E-state index contributed by atoms with van der Waals surface area (Å²) in [7, 11) is 0. The van der Waals surface area contributed by atoms with E-state index in [-0.39, 0.29) is 0 Å². The number of hydrogen-bond acceptors (Lipinski definition) is 4. The first kappa shape index (κ1) is 16.2. The maximum absolute atomic E-state index is 2.55. The molecular weight excluding hydrogens is 332 g/mol. The molecular formula is C20H26N2S2. The predicted molar refractivity (Wildman–Crippen MR) is 110 cm³/mol. The summed E-state index contributed by atoms with van der Waals surface area (Å²) in [5.74, 6) is 0. The molecule has 2 aliphatic rings. The topological polar surface area (TPSA) is 6.48 Å². The lowest BCUT2D eigenvalue weighted by atomic mass is 10.1. The molecule has 0 bridgehead atoms. The van der Waals surface area contributed by atoms with E-state index in [4.69, 9.17) is 0 Å². The van der Waals surface area contributed by atoms with Crippen molar-refractivity contribution in [3.8, 4) is 0 Å². The quantitative estimate of drug-likeness (QED) is 0.665. The smallest absolute Gasteiger partial charge is 0.0914 e. The van der Waals surface area contributed by atoms with Gasteiger partial charge >= 0.3 is 0 Å². The minimum atomic E-state index is 1.23. The molecule has 0 aliphatic carbocycles. The van der Waals surface area contributed by atoms with Crippen LogP contribution in [0.2, 0.25) is 0 Å². The van der Waals surface area contributed by atoms with Gasteiger partial charge in [-0.2, -0.15) is 0 Å². The summed E-state index contributed by atoms with van der Waals surface area (Å²) in [5, 5.41) is 2.88. The van der Waals surface area contributed by atoms with Crippen LogP contribution in [0.3, 0.4) is 0 Å². The first-order valence-corrected chi connectivity index (χ1v) is 10.9. The molecule has 4 heteroatoms. The Morgan fingerprint density at radius 2 is 1.00 bits per heavy atom. The van der Waals surface area contributed by atoms with Crippen LogP contribution in [0.15, 0.2) is 24.3 Å². The summed E-state index contributed by atoms with van der Waals surface area (Å²) in [6.07, 6.45) is 12.7. The van der Waals surface area contributed by atoms with Gasteiger partial charge in [-0.1, -0.05) is 0 Å². The second kappa shape index (κ2) is 7.75. The second-order valence-electron chi connectivity index (χ2n) is 6.78. The van der Waals surface area contributed by atoms with Gasteiger partial charge in [-0.15, -0.1) is 22.7 Å². The first-order chi connectivity index (χ1) is 11.9. The highest BCUT2D eigenvalue weighted by molar-refractivity contribution is 7.17. The van der Waals surface area contributed by atoms with Crippen molar-refractivity contribution in [2.75, 3.05) is 36.0 Å². The molecule has 0 unspecified atom stereocenters. The molecule has 0 N–H and O–H groups in total. The van der Waals surface area contributed by atoms with Crippen LogP contribution in [0, 0.1) is 0 Å². The number of anilines is 2. The average molecular weight is 359 g/mol. The standard InChI is InChI=1S/C20H26N2S2/c1-3-13-21(14-4-1)19-11-9-17(23-19)7-8-18-10-12-20(24-18)22-15-5-2-6-16-22/h7-12H,1-6,13-16H2. The van der Waals surface area contributed by atoms with Gasteiger partial charge in [0.05, 0.1) is 10.0 Å². The Bertz CT molecular complexity index is 615. The highest BCUT2D eigenvalue weighted by Crippen LogP contribution is 2.32. The van der Waals surface area contributed by atoms with E-state index in [9.17, 15) is 0 Å². The molecule has 0 aromatic carbocycles. The van der Waals surface area contributed by atoms with Crippen LogP contribution in [0.1, 0.15) is 48.3 Å². The second-order valence-corrected chi connectivity index (χ2v) is 8.97. The van der Waals surface area contributed by atoms with Crippen molar-refractivity contribution in [1.29, 1.82) is 0 Å². The molecule has 24 heavy (non-hydrogen) atoms. The van der Waals surface area contributed by atoms with Gasteiger partial charge in [-0.05, 0) is 74.9 Å². The molecule has 2 fully saturated rings. The van der Waals surface area contributed by atoms with E-state index in [0.29, 0.717) is 0 Å². The average Bonchev–Trinajstić information content (AvgIpc) is 3.31. The normalized spacial score (nSPS) is 19.3. The fourth-order valence-electron chi connectivity index (χ4n) is 3.60. The van der Waals surface area contributed by atoms with Gasteiger partial charge in [-0.3, -0.25) is 0 Å². The molecule has 0 spiro atoms. The molecule has 4 rings (SSSR count). The third-order valence-corrected chi connectivity index (χ3v) is 7.20. The van der Waals surface area contributed by atoms with Gasteiger partial charge in [0.25, 0.3) is 0 Å². The zero-order valence-electron chi connectivity index (χ0n) is 14.2. The third-order valence-electron chi connectivity index (χ3n) is 4.97. The lowest BCUT2D eigenvalue weighted by molar-refractivity contribution is 0.580. The zero-order valence-corrected chi connectivity index (χ0v) is 15.9. The van der Waals surface area contributed by atoms with Crippen molar-refractivity contribution in [2.24, 2.45) is 0 Å². The van der Waals surface area contributed by atoms with E-state index in [1.54, 1.807) is 0 Å². The molecule has 0 radical (unpaired) electrons. The zero-order chi connectivity index (χ0) is 16.2. The Hall–Kier alpha value is -1.26. The molecule has 2 saturated heterocycles. The SMILES string of the molecule is C(=Cc1ccc(N2CCCCC2)s1)c1ccc(N2CCCCC2)s1. The summed E-state index contributed by atoms with van der Waals surface area (Å²) in [4.78, 5) is 7.82. The fourth-order valence-corrected chi connectivity index (χ4v) is 5.52. The Balaban J connectivity index is 1.40. The molecule has 4 heterocycles. The van der Waals surface area contributed by atoms with Crippen LogP contribution in [-0.4, -0.2) is 26.2 Å². The monoisotopic (exact) mass is 358 g/mol. The molecule has 2 nitrogen and oxygen atoms in total. The molecule has 0 atom stereocenters. The van der Waals surface area contributed by atoms with Gasteiger partial charge in [-0.25, -0.2) is 0 Å². The number of rotatable bonds is 4. The molecule has 2 aromatic rings.